The number of allylic oxidation sites excluding steroid dienone is 1. The summed E-state index contributed by atoms with van der Waals surface area (Å²) in [4.78, 5) is 12.4. The van der Waals surface area contributed by atoms with Crippen LogP contribution in [-0.2, 0) is 0 Å². The summed E-state index contributed by atoms with van der Waals surface area (Å²) in [5, 5.41) is 0. The molecule has 1 heteroatoms. The van der Waals surface area contributed by atoms with Gasteiger partial charge >= 0.3 is 0 Å². The highest BCUT2D eigenvalue weighted by Gasteiger charge is 2.23. The predicted octanol–water partition coefficient (Wildman–Crippen LogP) is 5.14. The number of Topliss-reactive ketones (excluding diaryl/α,β-unsaturated/α-hetero) is 1. The molecule has 2 aromatic carbocycles. The van der Waals surface area contributed by atoms with Gasteiger partial charge in [-0.3, -0.25) is 4.79 Å². The molecule has 0 radical (unpaired) electrons. The molecule has 0 amide bonds. The fraction of sp³-hybridized carbons (Fsp3) is 0.250. The van der Waals surface area contributed by atoms with Crippen LogP contribution in [0.4, 0.5) is 0 Å². The van der Waals surface area contributed by atoms with Gasteiger partial charge in [0.15, 0.2) is 5.78 Å². The Morgan fingerprint density at radius 1 is 1.00 bits per heavy atom. The molecule has 0 spiro atoms. The van der Waals surface area contributed by atoms with E-state index in [0.717, 1.165) is 18.4 Å². The standard InChI is InChI=1S/C20H20O/c21-20(17-10-5-2-6-11-17)15-19-13-7-12-18(19)14-16-8-3-1-4-9-16/h1-6,8-11,14,19H,7,12-13,15H2/b18-14-. The maximum absolute atomic E-state index is 12.4. The maximum atomic E-state index is 12.4. The normalized spacial score (nSPS) is 19.8. The lowest BCUT2D eigenvalue weighted by atomic mass is 9.92. The predicted molar refractivity (Wildman–Crippen MR) is 87.1 cm³/mol. The van der Waals surface area contributed by atoms with Crippen LogP contribution in [0.1, 0.15) is 41.6 Å². The summed E-state index contributed by atoms with van der Waals surface area (Å²) in [5.74, 6) is 0.680. The van der Waals surface area contributed by atoms with Gasteiger partial charge in [-0.1, -0.05) is 72.3 Å². The van der Waals surface area contributed by atoms with E-state index in [-0.39, 0.29) is 5.78 Å². The molecular formula is C20H20O. The van der Waals surface area contributed by atoms with Gasteiger partial charge < -0.3 is 0 Å². The molecule has 1 aliphatic rings. The van der Waals surface area contributed by atoms with Gasteiger partial charge in [0.05, 0.1) is 0 Å². The minimum absolute atomic E-state index is 0.265. The van der Waals surface area contributed by atoms with E-state index in [9.17, 15) is 4.79 Å². The van der Waals surface area contributed by atoms with Crippen molar-refractivity contribution in [3.05, 3.63) is 77.4 Å². The minimum Gasteiger partial charge on any atom is -0.294 e. The first-order chi connectivity index (χ1) is 10.3. The van der Waals surface area contributed by atoms with Crippen molar-refractivity contribution in [3.8, 4) is 0 Å². The molecule has 3 rings (SSSR count). The Hall–Kier alpha value is -2.15. The van der Waals surface area contributed by atoms with Crippen LogP contribution in [0.3, 0.4) is 0 Å². The molecule has 2 aromatic rings. The molecule has 0 heterocycles. The first kappa shape index (κ1) is 13.8. The first-order valence-electron chi connectivity index (χ1n) is 7.67. The summed E-state index contributed by atoms with van der Waals surface area (Å²) >= 11 is 0. The third kappa shape index (κ3) is 3.49. The van der Waals surface area contributed by atoms with Crippen molar-refractivity contribution in [1.82, 2.24) is 0 Å². The van der Waals surface area contributed by atoms with Gasteiger partial charge in [-0.2, -0.15) is 0 Å². The van der Waals surface area contributed by atoms with Gasteiger partial charge in [-0.05, 0) is 30.7 Å². The zero-order chi connectivity index (χ0) is 14.5. The van der Waals surface area contributed by atoms with Crippen LogP contribution in [0, 0.1) is 5.92 Å². The molecular weight excluding hydrogens is 256 g/mol. The third-order valence-electron chi connectivity index (χ3n) is 4.22. The molecule has 0 N–H and O–H groups in total. The Bertz CT molecular complexity index is 625. The smallest absolute Gasteiger partial charge is 0.163 e. The highest BCUT2D eigenvalue weighted by Crippen LogP contribution is 2.35. The molecule has 1 unspecified atom stereocenters. The lowest BCUT2D eigenvalue weighted by Crippen LogP contribution is -2.07. The zero-order valence-electron chi connectivity index (χ0n) is 12.2. The maximum Gasteiger partial charge on any atom is 0.163 e. The molecule has 1 aliphatic carbocycles. The highest BCUT2D eigenvalue weighted by molar-refractivity contribution is 5.96. The highest BCUT2D eigenvalue weighted by atomic mass is 16.1. The van der Waals surface area contributed by atoms with Gasteiger partial charge in [0.2, 0.25) is 0 Å². The van der Waals surface area contributed by atoms with Crippen molar-refractivity contribution < 1.29 is 4.79 Å². The molecule has 0 saturated heterocycles. The van der Waals surface area contributed by atoms with Crippen LogP contribution >= 0.6 is 0 Å². The number of rotatable bonds is 4. The van der Waals surface area contributed by atoms with E-state index in [1.54, 1.807) is 0 Å². The van der Waals surface area contributed by atoms with Gasteiger partial charge in [0, 0.05) is 12.0 Å². The second-order valence-electron chi connectivity index (χ2n) is 5.71. The number of hydrogen-bond acceptors (Lipinski definition) is 1. The van der Waals surface area contributed by atoms with Gasteiger partial charge in [0.1, 0.15) is 0 Å². The molecule has 106 valence electrons. The van der Waals surface area contributed by atoms with Crippen molar-refractivity contribution in [2.45, 2.75) is 25.7 Å². The fourth-order valence-electron chi connectivity index (χ4n) is 3.09. The summed E-state index contributed by atoms with van der Waals surface area (Å²) in [6.45, 7) is 0. The van der Waals surface area contributed by atoms with Gasteiger partial charge in [-0.15, -0.1) is 0 Å². The van der Waals surface area contributed by atoms with E-state index >= 15 is 0 Å². The second kappa shape index (κ2) is 6.53. The van der Waals surface area contributed by atoms with E-state index < -0.39 is 0 Å². The van der Waals surface area contributed by atoms with E-state index in [4.69, 9.17) is 0 Å². The second-order valence-corrected chi connectivity index (χ2v) is 5.71. The van der Waals surface area contributed by atoms with Crippen LogP contribution in [0.15, 0.2) is 66.2 Å². The van der Waals surface area contributed by atoms with Crippen LogP contribution in [0.5, 0.6) is 0 Å². The lowest BCUT2D eigenvalue weighted by Gasteiger charge is -2.11. The SMILES string of the molecule is O=C(CC1CCC/C1=C/c1ccccc1)c1ccccc1. The quantitative estimate of drug-likeness (QED) is 0.706. The molecule has 1 nitrogen and oxygen atoms in total. The Balaban J connectivity index is 1.73. The molecule has 0 aliphatic heterocycles. The van der Waals surface area contributed by atoms with Crippen LogP contribution in [0.2, 0.25) is 0 Å². The largest absolute Gasteiger partial charge is 0.294 e. The fourth-order valence-corrected chi connectivity index (χ4v) is 3.09. The van der Waals surface area contributed by atoms with Gasteiger partial charge in [0.25, 0.3) is 0 Å². The summed E-state index contributed by atoms with van der Waals surface area (Å²) < 4.78 is 0. The van der Waals surface area contributed by atoms with Crippen molar-refractivity contribution in [1.29, 1.82) is 0 Å². The molecule has 1 atom stereocenters. The molecule has 0 bridgehead atoms. The number of ketones is 1. The van der Waals surface area contributed by atoms with E-state index in [1.807, 2.05) is 36.4 Å². The molecule has 1 fully saturated rings. The molecule has 1 saturated carbocycles. The topological polar surface area (TPSA) is 17.1 Å². The zero-order valence-corrected chi connectivity index (χ0v) is 12.2. The van der Waals surface area contributed by atoms with Crippen molar-refractivity contribution in [2.24, 2.45) is 5.92 Å². The van der Waals surface area contributed by atoms with Crippen molar-refractivity contribution in [2.75, 3.05) is 0 Å². The van der Waals surface area contributed by atoms with Crippen LogP contribution in [0.25, 0.3) is 6.08 Å². The average molecular weight is 276 g/mol. The summed E-state index contributed by atoms with van der Waals surface area (Å²) in [7, 11) is 0. The molecule has 21 heavy (non-hydrogen) atoms. The summed E-state index contributed by atoms with van der Waals surface area (Å²) in [5.41, 5.74) is 3.51. The summed E-state index contributed by atoms with van der Waals surface area (Å²) in [6.07, 6.45) is 6.38. The first-order valence-corrected chi connectivity index (χ1v) is 7.67. The monoisotopic (exact) mass is 276 g/mol. The van der Waals surface area contributed by atoms with Gasteiger partial charge in [-0.25, -0.2) is 0 Å². The average Bonchev–Trinajstić information content (AvgIpc) is 2.96. The van der Waals surface area contributed by atoms with Crippen LogP contribution in [-0.4, -0.2) is 5.78 Å². The number of benzene rings is 2. The van der Waals surface area contributed by atoms with Crippen LogP contribution < -0.4 is 0 Å². The Labute approximate surface area is 126 Å². The number of carbonyl (C=O) groups is 1. The van der Waals surface area contributed by atoms with E-state index in [1.165, 1.54) is 17.6 Å². The third-order valence-corrected chi connectivity index (χ3v) is 4.22. The Morgan fingerprint density at radius 2 is 1.67 bits per heavy atom. The number of carbonyl (C=O) groups excluding carboxylic acids is 1. The van der Waals surface area contributed by atoms with E-state index in [0.29, 0.717) is 12.3 Å². The Kier molecular flexibility index (Phi) is 4.30. The summed E-state index contributed by atoms with van der Waals surface area (Å²) in [6, 6.07) is 20.1. The van der Waals surface area contributed by atoms with Crippen molar-refractivity contribution >= 4 is 11.9 Å². The lowest BCUT2D eigenvalue weighted by molar-refractivity contribution is 0.0968. The van der Waals surface area contributed by atoms with Crippen molar-refractivity contribution in [3.63, 3.8) is 0 Å². The number of hydrogen-bond donors (Lipinski definition) is 0. The Morgan fingerprint density at radius 3 is 2.38 bits per heavy atom. The minimum atomic E-state index is 0.265. The molecule has 0 aromatic heterocycles. The van der Waals surface area contributed by atoms with E-state index in [2.05, 4.69) is 30.3 Å².